The van der Waals surface area contributed by atoms with Crippen LogP contribution in [0.2, 0.25) is 0 Å². The number of carbonyl (C=O) groups excluding carboxylic acids is 2. The molecule has 2 aromatic carbocycles. The molecule has 5 atom stereocenters. The van der Waals surface area contributed by atoms with E-state index in [4.69, 9.17) is 4.74 Å². The fourth-order valence-electron chi connectivity index (χ4n) is 6.19. The number of aryl methyl sites for hydroxylation is 1. The molecule has 2 N–H and O–H groups in total. The third kappa shape index (κ3) is 4.31. The third-order valence-corrected chi connectivity index (χ3v) is 7.92. The van der Waals surface area contributed by atoms with Crippen LogP contribution >= 0.6 is 0 Å². The molecule has 1 aliphatic carbocycles. The number of rotatable bonds is 5. The number of benzene rings is 2. The van der Waals surface area contributed by atoms with Crippen LogP contribution in [-0.4, -0.2) is 49.1 Å². The van der Waals surface area contributed by atoms with Crippen LogP contribution in [0.25, 0.3) is 0 Å². The second-order valence-electron chi connectivity index (χ2n) is 10.1. The largest absolute Gasteiger partial charge is 0.383 e. The molecule has 2 aliphatic heterocycles. The predicted octanol–water partition coefficient (Wildman–Crippen LogP) is 4.31. The van der Waals surface area contributed by atoms with Gasteiger partial charge in [-0.3, -0.25) is 9.59 Å². The van der Waals surface area contributed by atoms with Crippen molar-refractivity contribution in [1.82, 2.24) is 10.2 Å². The molecule has 3 aliphatic rings. The van der Waals surface area contributed by atoms with E-state index >= 15 is 0 Å². The molecule has 6 nitrogen and oxygen atoms in total. The Balaban J connectivity index is 1.37. The van der Waals surface area contributed by atoms with Gasteiger partial charge < -0.3 is 20.3 Å². The zero-order valence-corrected chi connectivity index (χ0v) is 20.1. The van der Waals surface area contributed by atoms with Gasteiger partial charge in [-0.25, -0.2) is 0 Å². The second-order valence-corrected chi connectivity index (χ2v) is 10.1. The topological polar surface area (TPSA) is 70.7 Å². The van der Waals surface area contributed by atoms with Gasteiger partial charge in [0.25, 0.3) is 5.91 Å². The Kier molecular flexibility index (Phi) is 6.59. The van der Waals surface area contributed by atoms with Crippen LogP contribution in [0.4, 0.5) is 5.69 Å². The van der Waals surface area contributed by atoms with Gasteiger partial charge >= 0.3 is 0 Å². The highest BCUT2D eigenvalue weighted by atomic mass is 16.5. The van der Waals surface area contributed by atoms with Crippen molar-refractivity contribution in [2.45, 2.75) is 57.2 Å². The number of ether oxygens (including phenoxy) is 1. The summed E-state index contributed by atoms with van der Waals surface area (Å²) in [5, 5.41) is 6.86. The molecule has 34 heavy (non-hydrogen) atoms. The number of hydrogen-bond donors (Lipinski definition) is 2. The number of nitrogens with zero attached hydrogens (tertiary/aromatic N) is 1. The summed E-state index contributed by atoms with van der Waals surface area (Å²) in [6, 6.07) is 16.1. The second kappa shape index (κ2) is 9.79. The molecule has 0 unspecified atom stereocenters. The van der Waals surface area contributed by atoms with Crippen LogP contribution in [0, 0.1) is 18.8 Å². The first-order valence-corrected chi connectivity index (χ1v) is 12.6. The first-order chi connectivity index (χ1) is 16.6. The van der Waals surface area contributed by atoms with Gasteiger partial charge in [0, 0.05) is 36.9 Å². The van der Waals surface area contributed by atoms with Crippen molar-refractivity contribution < 1.29 is 14.3 Å². The van der Waals surface area contributed by atoms with Crippen molar-refractivity contribution in [3.8, 4) is 0 Å². The quantitative estimate of drug-likeness (QED) is 0.696. The summed E-state index contributed by atoms with van der Waals surface area (Å²) in [5.41, 5.74) is 4.07. The molecule has 0 bridgehead atoms. The standard InChI is InChI=1S/C28H35N3O3/c1-18-11-13-19(14-12-18)27(32)30-24-10-6-4-8-22(24)28(33)31-16-15-21-25(17-34-2)29-23-9-5-3-7-20(23)26(21)31/h3,5,7,9,11-14,21-22,24-26,29H,4,6,8,10,15-17H2,1-2H3,(H,30,32)/t21-,22+,24-,25+,26+/m1/s1. The number of para-hydroxylation sites is 1. The molecule has 0 spiro atoms. The van der Waals surface area contributed by atoms with E-state index in [2.05, 4.69) is 33.7 Å². The maximum atomic E-state index is 14.0. The molecular weight excluding hydrogens is 426 g/mol. The number of likely N-dealkylation sites (tertiary alicyclic amines) is 1. The molecule has 5 rings (SSSR count). The Morgan fingerprint density at radius 2 is 1.82 bits per heavy atom. The summed E-state index contributed by atoms with van der Waals surface area (Å²) < 4.78 is 5.51. The Hall–Kier alpha value is -2.86. The molecule has 2 heterocycles. The summed E-state index contributed by atoms with van der Waals surface area (Å²) in [6.45, 7) is 3.38. The maximum absolute atomic E-state index is 14.0. The zero-order chi connectivity index (χ0) is 23.7. The number of anilines is 1. The molecule has 1 saturated carbocycles. The minimum Gasteiger partial charge on any atom is -0.383 e. The summed E-state index contributed by atoms with van der Waals surface area (Å²) >= 11 is 0. The summed E-state index contributed by atoms with van der Waals surface area (Å²) in [7, 11) is 1.73. The van der Waals surface area contributed by atoms with Crippen LogP contribution in [0.3, 0.4) is 0 Å². The van der Waals surface area contributed by atoms with E-state index in [0.29, 0.717) is 18.1 Å². The SMILES string of the molecule is COC[C@@H]1Nc2ccccc2[C@H]2[C@@H]1CCN2C(=O)[C@H]1CCCC[C@H]1NC(=O)c1ccc(C)cc1. The summed E-state index contributed by atoms with van der Waals surface area (Å²) in [6.07, 6.45) is 4.70. The van der Waals surface area contributed by atoms with Crippen molar-refractivity contribution in [2.75, 3.05) is 25.6 Å². The lowest BCUT2D eigenvalue weighted by atomic mass is 9.81. The molecule has 2 fully saturated rings. The first-order valence-electron chi connectivity index (χ1n) is 12.6. The average Bonchev–Trinajstić information content (AvgIpc) is 3.30. The monoisotopic (exact) mass is 461 g/mol. The highest BCUT2D eigenvalue weighted by molar-refractivity contribution is 5.95. The van der Waals surface area contributed by atoms with Gasteiger partial charge in [0.05, 0.1) is 24.6 Å². The lowest BCUT2D eigenvalue weighted by molar-refractivity contribution is -0.139. The Bertz CT molecular complexity index is 1040. The lowest BCUT2D eigenvalue weighted by Gasteiger charge is -2.41. The van der Waals surface area contributed by atoms with E-state index in [1.165, 1.54) is 5.56 Å². The lowest BCUT2D eigenvalue weighted by Crippen LogP contribution is -2.50. The normalized spacial score (nSPS) is 27.9. The molecule has 1 saturated heterocycles. The molecule has 2 amide bonds. The van der Waals surface area contributed by atoms with Crippen LogP contribution in [0.5, 0.6) is 0 Å². The van der Waals surface area contributed by atoms with Crippen LogP contribution in [0.1, 0.15) is 59.6 Å². The van der Waals surface area contributed by atoms with Crippen LogP contribution in [-0.2, 0) is 9.53 Å². The zero-order valence-electron chi connectivity index (χ0n) is 20.1. The summed E-state index contributed by atoms with van der Waals surface area (Å²) in [5.74, 6) is 0.249. The van der Waals surface area contributed by atoms with Crippen molar-refractivity contribution in [3.05, 3.63) is 65.2 Å². The third-order valence-electron chi connectivity index (χ3n) is 7.92. The summed E-state index contributed by atoms with van der Waals surface area (Å²) in [4.78, 5) is 29.1. The Labute approximate surface area is 202 Å². The Morgan fingerprint density at radius 1 is 1.06 bits per heavy atom. The Morgan fingerprint density at radius 3 is 2.62 bits per heavy atom. The van der Waals surface area contributed by atoms with Gasteiger partial charge in [-0.2, -0.15) is 0 Å². The van der Waals surface area contributed by atoms with E-state index in [1.807, 2.05) is 37.3 Å². The molecule has 180 valence electrons. The van der Waals surface area contributed by atoms with Gasteiger partial charge in [0.15, 0.2) is 0 Å². The molecule has 2 aromatic rings. The maximum Gasteiger partial charge on any atom is 0.251 e. The van der Waals surface area contributed by atoms with E-state index in [0.717, 1.165) is 49.9 Å². The van der Waals surface area contributed by atoms with E-state index in [9.17, 15) is 9.59 Å². The van der Waals surface area contributed by atoms with Crippen LogP contribution in [0.15, 0.2) is 48.5 Å². The molecule has 0 radical (unpaired) electrons. The number of nitrogens with one attached hydrogen (secondary N) is 2. The van der Waals surface area contributed by atoms with E-state index in [1.54, 1.807) is 7.11 Å². The highest BCUT2D eigenvalue weighted by Gasteiger charge is 2.48. The van der Waals surface area contributed by atoms with Gasteiger partial charge in [0.1, 0.15) is 0 Å². The number of fused-ring (bicyclic) bond motifs is 3. The fraction of sp³-hybridized carbons (Fsp3) is 0.500. The number of amides is 2. The van der Waals surface area contributed by atoms with Crippen molar-refractivity contribution in [2.24, 2.45) is 11.8 Å². The van der Waals surface area contributed by atoms with E-state index in [-0.39, 0.29) is 35.9 Å². The molecule has 6 heteroatoms. The number of carbonyl (C=O) groups is 2. The smallest absolute Gasteiger partial charge is 0.251 e. The highest BCUT2D eigenvalue weighted by Crippen LogP contribution is 2.47. The average molecular weight is 462 g/mol. The van der Waals surface area contributed by atoms with Gasteiger partial charge in [-0.15, -0.1) is 0 Å². The van der Waals surface area contributed by atoms with Gasteiger partial charge in [-0.1, -0.05) is 48.7 Å². The van der Waals surface area contributed by atoms with Crippen molar-refractivity contribution >= 4 is 17.5 Å². The van der Waals surface area contributed by atoms with Crippen molar-refractivity contribution in [1.29, 1.82) is 0 Å². The predicted molar refractivity (Wildman–Crippen MR) is 133 cm³/mol. The van der Waals surface area contributed by atoms with E-state index < -0.39 is 0 Å². The van der Waals surface area contributed by atoms with Crippen LogP contribution < -0.4 is 10.6 Å². The fourth-order valence-corrected chi connectivity index (χ4v) is 6.19. The number of hydrogen-bond acceptors (Lipinski definition) is 4. The van der Waals surface area contributed by atoms with Gasteiger partial charge in [-0.05, 0) is 49.9 Å². The molecular formula is C28H35N3O3. The van der Waals surface area contributed by atoms with Crippen molar-refractivity contribution in [3.63, 3.8) is 0 Å². The molecule has 0 aromatic heterocycles. The first kappa shape index (κ1) is 22.9. The van der Waals surface area contributed by atoms with Gasteiger partial charge in [0.2, 0.25) is 5.91 Å². The number of methoxy groups -OCH3 is 1. The minimum atomic E-state index is -0.176. The minimum absolute atomic E-state index is 0.0560.